The van der Waals surface area contributed by atoms with Gasteiger partial charge in [-0.3, -0.25) is 0 Å². The molecule has 0 fully saturated rings. The lowest BCUT2D eigenvalue weighted by molar-refractivity contribution is 0.134. The molecule has 0 aromatic carbocycles. The number of halogens is 3. The summed E-state index contributed by atoms with van der Waals surface area (Å²) in [4.78, 5) is 7.91. The van der Waals surface area contributed by atoms with Gasteiger partial charge in [-0.2, -0.15) is 0 Å². The molecule has 1 unspecified atom stereocenters. The van der Waals surface area contributed by atoms with E-state index in [4.69, 9.17) is 22.1 Å². The van der Waals surface area contributed by atoms with Crippen LogP contribution in [0.25, 0.3) is 11.3 Å². The number of hydrogen-bond donors (Lipinski definition) is 1. The molecule has 136 valence electrons. The van der Waals surface area contributed by atoms with Gasteiger partial charge in [0.1, 0.15) is 23.2 Å². The zero-order chi connectivity index (χ0) is 18.6. The summed E-state index contributed by atoms with van der Waals surface area (Å²) in [7, 11) is 0. The first-order chi connectivity index (χ1) is 11.7. The third-order valence-corrected chi connectivity index (χ3v) is 3.75. The number of aromatic nitrogens is 2. The highest BCUT2D eigenvalue weighted by Gasteiger charge is 2.24. The Labute approximate surface area is 151 Å². The molecule has 0 bridgehead atoms. The highest BCUT2D eigenvalue weighted by atomic mass is 35.5. The van der Waals surface area contributed by atoms with Crippen LogP contribution in [0.15, 0.2) is 30.5 Å². The van der Waals surface area contributed by atoms with Gasteiger partial charge in [-0.25, -0.2) is 18.7 Å². The maximum atomic E-state index is 13.4. The van der Waals surface area contributed by atoms with Gasteiger partial charge in [-0.1, -0.05) is 25.4 Å². The zero-order valence-corrected chi connectivity index (χ0v) is 15.2. The van der Waals surface area contributed by atoms with Crippen LogP contribution in [0.5, 0.6) is 5.75 Å². The van der Waals surface area contributed by atoms with Crippen molar-refractivity contribution in [3.8, 4) is 17.0 Å². The highest BCUT2D eigenvalue weighted by Crippen LogP contribution is 2.31. The number of nitrogens with zero attached hydrogens (tertiary/aromatic N) is 2. The van der Waals surface area contributed by atoms with Gasteiger partial charge in [0.15, 0.2) is 0 Å². The molecule has 0 aliphatic rings. The van der Waals surface area contributed by atoms with Crippen LogP contribution in [0.3, 0.4) is 0 Å². The summed E-state index contributed by atoms with van der Waals surface area (Å²) in [5.41, 5.74) is 6.14. The summed E-state index contributed by atoms with van der Waals surface area (Å²) >= 11 is 5.84. The fourth-order valence-corrected chi connectivity index (χ4v) is 2.87. The van der Waals surface area contributed by atoms with E-state index in [1.807, 2.05) is 20.8 Å². The summed E-state index contributed by atoms with van der Waals surface area (Å²) in [6, 6.07) is 6.33. The third-order valence-electron chi connectivity index (χ3n) is 3.55. The van der Waals surface area contributed by atoms with Crippen molar-refractivity contribution in [3.63, 3.8) is 0 Å². The zero-order valence-electron chi connectivity index (χ0n) is 14.5. The molecular formula is C18H22ClF2N3O. The SMILES string of the molecule is CC(C)CC(C)(N)COc1ccc(-c2ccnc(Cl)c2)nc1C(F)F. The van der Waals surface area contributed by atoms with Crippen LogP contribution in [0.4, 0.5) is 8.78 Å². The van der Waals surface area contributed by atoms with Crippen molar-refractivity contribution in [2.24, 2.45) is 11.7 Å². The van der Waals surface area contributed by atoms with E-state index in [0.29, 0.717) is 17.2 Å². The second-order valence-electron chi connectivity index (χ2n) is 6.79. The van der Waals surface area contributed by atoms with Crippen molar-refractivity contribution in [2.75, 3.05) is 6.61 Å². The Hall–Kier alpha value is -1.79. The minimum atomic E-state index is -2.76. The Kier molecular flexibility index (Phi) is 6.30. The molecule has 25 heavy (non-hydrogen) atoms. The molecule has 0 spiro atoms. The second-order valence-corrected chi connectivity index (χ2v) is 7.18. The first kappa shape index (κ1) is 19.5. The minimum absolute atomic E-state index is 0.0411. The van der Waals surface area contributed by atoms with Crippen LogP contribution in [-0.4, -0.2) is 22.1 Å². The van der Waals surface area contributed by atoms with E-state index in [9.17, 15) is 8.78 Å². The lowest BCUT2D eigenvalue weighted by atomic mass is 9.93. The van der Waals surface area contributed by atoms with Crippen LogP contribution in [-0.2, 0) is 0 Å². The molecule has 2 N–H and O–H groups in total. The summed E-state index contributed by atoms with van der Waals surface area (Å²) in [6.45, 7) is 6.07. The van der Waals surface area contributed by atoms with Gasteiger partial charge in [0.25, 0.3) is 6.43 Å². The molecular weight excluding hydrogens is 348 g/mol. The Balaban J connectivity index is 2.25. The lowest BCUT2D eigenvalue weighted by Gasteiger charge is -2.27. The number of pyridine rings is 2. The van der Waals surface area contributed by atoms with E-state index in [2.05, 4.69) is 9.97 Å². The van der Waals surface area contributed by atoms with Gasteiger partial charge in [0.05, 0.1) is 5.69 Å². The largest absolute Gasteiger partial charge is 0.490 e. The van der Waals surface area contributed by atoms with Crippen molar-refractivity contribution in [1.29, 1.82) is 0 Å². The molecule has 0 aliphatic carbocycles. The van der Waals surface area contributed by atoms with E-state index >= 15 is 0 Å². The fraction of sp³-hybridized carbons (Fsp3) is 0.444. The molecule has 1 atom stereocenters. The molecule has 0 aliphatic heterocycles. The molecule has 0 saturated carbocycles. The van der Waals surface area contributed by atoms with E-state index in [0.717, 1.165) is 6.42 Å². The monoisotopic (exact) mass is 369 g/mol. The average molecular weight is 370 g/mol. The van der Waals surface area contributed by atoms with E-state index in [-0.39, 0.29) is 17.5 Å². The van der Waals surface area contributed by atoms with Crippen LogP contribution >= 0.6 is 11.6 Å². The molecule has 2 rings (SSSR count). The third kappa shape index (κ3) is 5.61. The summed E-state index contributed by atoms with van der Waals surface area (Å²) in [5.74, 6) is 0.421. The number of alkyl halides is 2. The second kappa shape index (κ2) is 8.06. The number of ether oxygens (including phenoxy) is 1. The van der Waals surface area contributed by atoms with Crippen LogP contribution in [0.2, 0.25) is 5.15 Å². The van der Waals surface area contributed by atoms with Crippen LogP contribution < -0.4 is 10.5 Å². The van der Waals surface area contributed by atoms with Crippen LogP contribution in [0, 0.1) is 5.92 Å². The van der Waals surface area contributed by atoms with Gasteiger partial charge in [0, 0.05) is 17.3 Å². The Morgan fingerprint density at radius 3 is 2.60 bits per heavy atom. The maximum Gasteiger partial charge on any atom is 0.284 e. The van der Waals surface area contributed by atoms with Crippen LogP contribution in [0.1, 0.15) is 39.3 Å². The molecule has 4 nitrogen and oxygen atoms in total. The van der Waals surface area contributed by atoms with Crippen molar-refractivity contribution < 1.29 is 13.5 Å². The van der Waals surface area contributed by atoms with E-state index in [1.54, 1.807) is 18.2 Å². The van der Waals surface area contributed by atoms with Crippen molar-refractivity contribution in [2.45, 2.75) is 39.2 Å². The minimum Gasteiger partial charge on any atom is -0.490 e. The first-order valence-electron chi connectivity index (χ1n) is 8.00. The highest BCUT2D eigenvalue weighted by molar-refractivity contribution is 6.29. The predicted octanol–water partition coefficient (Wildman–Crippen LogP) is 4.88. The summed E-state index contributed by atoms with van der Waals surface area (Å²) < 4.78 is 32.4. The van der Waals surface area contributed by atoms with Gasteiger partial charge < -0.3 is 10.5 Å². The smallest absolute Gasteiger partial charge is 0.284 e. The number of hydrogen-bond acceptors (Lipinski definition) is 4. The molecule has 7 heteroatoms. The summed E-state index contributed by atoms with van der Waals surface area (Å²) in [5, 5.41) is 0.269. The van der Waals surface area contributed by atoms with Crippen molar-refractivity contribution in [3.05, 3.63) is 41.3 Å². The Bertz CT molecular complexity index is 723. The van der Waals surface area contributed by atoms with Crippen molar-refractivity contribution >= 4 is 11.6 Å². The first-order valence-corrected chi connectivity index (χ1v) is 8.38. The maximum absolute atomic E-state index is 13.4. The number of rotatable bonds is 7. The molecule has 2 aromatic heterocycles. The predicted molar refractivity (Wildman–Crippen MR) is 95.0 cm³/mol. The standard InChI is InChI=1S/C18H22ClF2N3O/c1-11(2)9-18(3,22)10-25-14-5-4-13(24-16(14)17(20)21)12-6-7-23-15(19)8-12/h4-8,11,17H,9-10,22H2,1-3H3. The Morgan fingerprint density at radius 2 is 2.00 bits per heavy atom. The topological polar surface area (TPSA) is 61.0 Å². The molecule has 0 saturated heterocycles. The van der Waals surface area contributed by atoms with E-state index < -0.39 is 17.7 Å². The molecule has 0 radical (unpaired) electrons. The normalized spacial score (nSPS) is 14.0. The van der Waals surface area contributed by atoms with Crippen molar-refractivity contribution in [1.82, 2.24) is 9.97 Å². The molecule has 2 aromatic rings. The molecule has 2 heterocycles. The number of nitrogens with two attached hydrogens (primary N) is 1. The van der Waals surface area contributed by atoms with Gasteiger partial charge >= 0.3 is 0 Å². The molecule has 0 amide bonds. The Morgan fingerprint density at radius 1 is 1.28 bits per heavy atom. The van der Waals surface area contributed by atoms with Gasteiger partial charge in [0.2, 0.25) is 0 Å². The quantitative estimate of drug-likeness (QED) is 0.707. The van der Waals surface area contributed by atoms with Gasteiger partial charge in [-0.15, -0.1) is 0 Å². The van der Waals surface area contributed by atoms with E-state index in [1.165, 1.54) is 12.3 Å². The average Bonchev–Trinajstić information content (AvgIpc) is 2.51. The lowest BCUT2D eigenvalue weighted by Crippen LogP contribution is -2.43. The fourth-order valence-electron chi connectivity index (χ4n) is 2.70. The summed E-state index contributed by atoms with van der Waals surface area (Å²) in [6.07, 6.45) is -0.545. The van der Waals surface area contributed by atoms with Gasteiger partial charge in [-0.05, 0) is 43.5 Å².